The Kier molecular flexibility index (Phi) is 7.22. The zero-order chi connectivity index (χ0) is 21.3. The quantitative estimate of drug-likeness (QED) is 0.581. The first-order valence-corrected chi connectivity index (χ1v) is 10.1. The van der Waals surface area contributed by atoms with Gasteiger partial charge < -0.3 is 15.0 Å². The van der Waals surface area contributed by atoms with Crippen molar-refractivity contribution >= 4 is 23.2 Å². The summed E-state index contributed by atoms with van der Waals surface area (Å²) in [4.78, 5) is 27.3. The first-order chi connectivity index (χ1) is 14.6. The standard InChI is InChI=1S/C25H26N2O3/c1-3-19-14-16-21(17-15-19)30-18-24(28)26-23-13-9-8-12-22(23)25(29)27(4-2)20-10-6-5-7-11-20/h5-17H,3-4,18H2,1-2H3,(H,26,28). The minimum atomic E-state index is -0.322. The number of amides is 2. The van der Waals surface area contributed by atoms with E-state index in [2.05, 4.69) is 12.2 Å². The van der Waals surface area contributed by atoms with E-state index < -0.39 is 0 Å². The van der Waals surface area contributed by atoms with E-state index in [-0.39, 0.29) is 18.4 Å². The zero-order valence-corrected chi connectivity index (χ0v) is 17.3. The Morgan fingerprint density at radius 1 is 0.867 bits per heavy atom. The molecule has 0 aliphatic rings. The zero-order valence-electron chi connectivity index (χ0n) is 17.3. The van der Waals surface area contributed by atoms with E-state index in [1.165, 1.54) is 5.56 Å². The molecule has 0 fully saturated rings. The number of anilines is 2. The first kappa shape index (κ1) is 21.1. The Labute approximate surface area is 177 Å². The summed E-state index contributed by atoms with van der Waals surface area (Å²) in [7, 11) is 0. The summed E-state index contributed by atoms with van der Waals surface area (Å²) in [5, 5.41) is 2.80. The summed E-state index contributed by atoms with van der Waals surface area (Å²) in [5.41, 5.74) is 2.92. The van der Waals surface area contributed by atoms with Crippen molar-refractivity contribution in [2.24, 2.45) is 0 Å². The van der Waals surface area contributed by atoms with Gasteiger partial charge in [-0.1, -0.05) is 49.4 Å². The molecule has 3 aromatic carbocycles. The summed E-state index contributed by atoms with van der Waals surface area (Å²) in [6, 6.07) is 24.1. The van der Waals surface area contributed by atoms with Crippen molar-refractivity contribution in [2.45, 2.75) is 20.3 Å². The molecule has 1 N–H and O–H groups in total. The highest BCUT2D eigenvalue weighted by atomic mass is 16.5. The van der Waals surface area contributed by atoms with Gasteiger partial charge in [0.15, 0.2) is 6.61 Å². The van der Waals surface area contributed by atoms with Crippen molar-refractivity contribution in [1.82, 2.24) is 0 Å². The van der Waals surface area contributed by atoms with Gasteiger partial charge in [-0.25, -0.2) is 0 Å². The normalized spacial score (nSPS) is 10.3. The highest BCUT2D eigenvalue weighted by Gasteiger charge is 2.20. The van der Waals surface area contributed by atoms with Crippen molar-refractivity contribution < 1.29 is 14.3 Å². The molecule has 154 valence electrons. The fourth-order valence-electron chi connectivity index (χ4n) is 3.13. The van der Waals surface area contributed by atoms with Crippen molar-refractivity contribution in [2.75, 3.05) is 23.4 Å². The third-order valence-corrected chi connectivity index (χ3v) is 4.76. The van der Waals surface area contributed by atoms with Crippen molar-refractivity contribution in [3.05, 3.63) is 90.0 Å². The van der Waals surface area contributed by atoms with Gasteiger partial charge in [0.1, 0.15) is 5.75 Å². The van der Waals surface area contributed by atoms with E-state index >= 15 is 0 Å². The van der Waals surface area contributed by atoms with Gasteiger partial charge in [0, 0.05) is 12.2 Å². The van der Waals surface area contributed by atoms with E-state index in [1.807, 2.05) is 61.5 Å². The van der Waals surface area contributed by atoms with Gasteiger partial charge in [0.25, 0.3) is 11.8 Å². The number of para-hydroxylation sites is 2. The van der Waals surface area contributed by atoms with Gasteiger partial charge in [0.2, 0.25) is 0 Å². The van der Waals surface area contributed by atoms with Gasteiger partial charge in [-0.05, 0) is 55.3 Å². The molecular formula is C25H26N2O3. The molecule has 0 spiro atoms. The molecule has 30 heavy (non-hydrogen) atoms. The van der Waals surface area contributed by atoms with Crippen molar-refractivity contribution in [3.63, 3.8) is 0 Å². The Balaban J connectivity index is 1.69. The molecule has 0 heterocycles. The molecule has 0 saturated heterocycles. The number of aryl methyl sites for hydroxylation is 1. The van der Waals surface area contributed by atoms with Crippen LogP contribution in [-0.4, -0.2) is 25.0 Å². The summed E-state index contributed by atoms with van der Waals surface area (Å²) in [6.45, 7) is 4.38. The molecule has 3 rings (SSSR count). The van der Waals surface area contributed by atoms with Gasteiger partial charge in [-0.3, -0.25) is 9.59 Å². The predicted octanol–water partition coefficient (Wildman–Crippen LogP) is 4.93. The highest BCUT2D eigenvalue weighted by molar-refractivity contribution is 6.11. The van der Waals surface area contributed by atoms with Crippen LogP contribution in [0.4, 0.5) is 11.4 Å². The van der Waals surface area contributed by atoms with Crippen LogP contribution in [0.15, 0.2) is 78.9 Å². The third-order valence-electron chi connectivity index (χ3n) is 4.76. The lowest BCUT2D eigenvalue weighted by Crippen LogP contribution is -2.32. The smallest absolute Gasteiger partial charge is 0.262 e. The first-order valence-electron chi connectivity index (χ1n) is 10.1. The maximum absolute atomic E-state index is 13.2. The van der Waals surface area contributed by atoms with E-state index in [1.54, 1.807) is 29.2 Å². The average molecular weight is 402 g/mol. The van der Waals surface area contributed by atoms with Crippen LogP contribution in [0.5, 0.6) is 5.75 Å². The lowest BCUT2D eigenvalue weighted by molar-refractivity contribution is -0.118. The largest absolute Gasteiger partial charge is 0.484 e. The van der Waals surface area contributed by atoms with Crippen LogP contribution in [0.2, 0.25) is 0 Å². The van der Waals surface area contributed by atoms with Crippen LogP contribution >= 0.6 is 0 Å². The number of benzene rings is 3. The maximum atomic E-state index is 13.2. The number of carbonyl (C=O) groups excluding carboxylic acids is 2. The molecule has 5 heteroatoms. The van der Waals surface area contributed by atoms with Crippen molar-refractivity contribution in [1.29, 1.82) is 0 Å². The summed E-state index contributed by atoms with van der Waals surface area (Å²) < 4.78 is 5.57. The molecule has 2 amide bonds. The van der Waals surface area contributed by atoms with Crippen LogP contribution < -0.4 is 15.0 Å². The predicted molar refractivity (Wildman–Crippen MR) is 120 cm³/mol. The molecule has 0 aromatic heterocycles. The molecule has 0 bridgehead atoms. The van der Waals surface area contributed by atoms with Gasteiger partial charge in [0.05, 0.1) is 11.3 Å². The van der Waals surface area contributed by atoms with Gasteiger partial charge >= 0.3 is 0 Å². The minimum absolute atomic E-state index is 0.135. The molecule has 0 radical (unpaired) electrons. The van der Waals surface area contributed by atoms with E-state index in [9.17, 15) is 9.59 Å². The summed E-state index contributed by atoms with van der Waals surface area (Å²) in [5.74, 6) is 0.140. The Bertz CT molecular complexity index is 985. The lowest BCUT2D eigenvalue weighted by atomic mass is 10.1. The molecular weight excluding hydrogens is 376 g/mol. The number of hydrogen-bond acceptors (Lipinski definition) is 3. The molecule has 5 nitrogen and oxygen atoms in total. The Hall–Kier alpha value is -3.60. The second-order valence-corrected chi connectivity index (χ2v) is 6.76. The molecule has 0 unspecified atom stereocenters. The molecule has 0 atom stereocenters. The number of nitrogens with zero attached hydrogens (tertiary/aromatic N) is 1. The second kappa shape index (κ2) is 10.3. The van der Waals surface area contributed by atoms with E-state index in [0.717, 1.165) is 12.1 Å². The topological polar surface area (TPSA) is 58.6 Å². The fourth-order valence-corrected chi connectivity index (χ4v) is 3.13. The maximum Gasteiger partial charge on any atom is 0.262 e. The van der Waals surface area contributed by atoms with Crippen LogP contribution in [0.25, 0.3) is 0 Å². The Morgan fingerprint density at radius 3 is 2.20 bits per heavy atom. The summed E-state index contributed by atoms with van der Waals surface area (Å²) >= 11 is 0. The minimum Gasteiger partial charge on any atom is -0.484 e. The molecule has 3 aromatic rings. The van der Waals surface area contributed by atoms with Crippen LogP contribution in [0.1, 0.15) is 29.8 Å². The van der Waals surface area contributed by atoms with Crippen LogP contribution in [-0.2, 0) is 11.2 Å². The van der Waals surface area contributed by atoms with Crippen LogP contribution in [0, 0.1) is 0 Å². The number of ether oxygens (including phenoxy) is 1. The van der Waals surface area contributed by atoms with E-state index in [4.69, 9.17) is 4.74 Å². The number of hydrogen-bond donors (Lipinski definition) is 1. The molecule has 0 saturated carbocycles. The lowest BCUT2D eigenvalue weighted by Gasteiger charge is -2.22. The number of nitrogens with one attached hydrogen (secondary N) is 1. The summed E-state index contributed by atoms with van der Waals surface area (Å²) in [6.07, 6.45) is 0.948. The monoisotopic (exact) mass is 402 g/mol. The molecule has 0 aliphatic carbocycles. The highest BCUT2D eigenvalue weighted by Crippen LogP contribution is 2.22. The SMILES string of the molecule is CCc1ccc(OCC(=O)Nc2ccccc2C(=O)N(CC)c2ccccc2)cc1. The fraction of sp³-hybridized carbons (Fsp3) is 0.200. The van der Waals surface area contributed by atoms with Crippen LogP contribution in [0.3, 0.4) is 0 Å². The average Bonchev–Trinajstić information content (AvgIpc) is 2.79. The second-order valence-electron chi connectivity index (χ2n) is 6.76. The van der Waals surface area contributed by atoms with Crippen molar-refractivity contribution in [3.8, 4) is 5.75 Å². The Morgan fingerprint density at radius 2 is 1.53 bits per heavy atom. The number of carbonyl (C=O) groups is 2. The van der Waals surface area contributed by atoms with E-state index in [0.29, 0.717) is 23.5 Å². The number of rotatable bonds is 8. The van der Waals surface area contributed by atoms with Gasteiger partial charge in [-0.15, -0.1) is 0 Å². The molecule has 0 aliphatic heterocycles. The van der Waals surface area contributed by atoms with Gasteiger partial charge in [-0.2, -0.15) is 0 Å². The third kappa shape index (κ3) is 5.26.